The summed E-state index contributed by atoms with van der Waals surface area (Å²) in [4.78, 5) is 1.64. The van der Waals surface area contributed by atoms with Crippen LogP contribution in [0, 0.1) is 0 Å². The molecule has 0 saturated heterocycles. The van der Waals surface area contributed by atoms with Crippen LogP contribution in [0.25, 0.3) is 0 Å². The van der Waals surface area contributed by atoms with E-state index in [-0.39, 0.29) is 10.7 Å². The van der Waals surface area contributed by atoms with Crippen LogP contribution in [-0.2, 0) is 6.42 Å². The third-order valence-corrected chi connectivity index (χ3v) is 5.92. The van der Waals surface area contributed by atoms with Gasteiger partial charge in [-0.3, -0.25) is 0 Å². The summed E-state index contributed by atoms with van der Waals surface area (Å²) in [5.41, 5.74) is 2.94. The highest BCUT2D eigenvalue weighted by Crippen LogP contribution is 2.41. The number of nitrogens with zero attached hydrogens (tertiary/aromatic N) is 1. The van der Waals surface area contributed by atoms with E-state index < -0.39 is 0 Å². The van der Waals surface area contributed by atoms with E-state index in [1.165, 1.54) is 37.7 Å². The molecule has 1 nitrogen and oxygen atoms in total. The summed E-state index contributed by atoms with van der Waals surface area (Å²) >= 11 is 0. The zero-order valence-electron chi connectivity index (χ0n) is 12.0. The van der Waals surface area contributed by atoms with Crippen LogP contribution < -0.4 is 4.31 Å². The first-order chi connectivity index (χ1) is 8.59. The molecule has 0 N–H and O–H groups in total. The van der Waals surface area contributed by atoms with Gasteiger partial charge in [0.2, 0.25) is 0 Å². The van der Waals surface area contributed by atoms with E-state index in [4.69, 9.17) is 0 Å². The fourth-order valence-electron chi connectivity index (χ4n) is 3.00. The summed E-state index contributed by atoms with van der Waals surface area (Å²) in [6.07, 6.45) is 8.13. The van der Waals surface area contributed by atoms with E-state index >= 15 is 0 Å². The van der Waals surface area contributed by atoms with Gasteiger partial charge in [0, 0.05) is 32.1 Å². The lowest BCUT2D eigenvalue weighted by Gasteiger charge is -2.21. The Kier molecular flexibility index (Phi) is 4.63. The van der Waals surface area contributed by atoms with Crippen molar-refractivity contribution in [2.45, 2.75) is 51.4 Å². The van der Waals surface area contributed by atoms with Crippen molar-refractivity contribution in [2.24, 2.45) is 0 Å². The molecule has 0 radical (unpaired) electrons. The fraction of sp³-hybridized carbons (Fsp3) is 0.625. The van der Waals surface area contributed by atoms with Gasteiger partial charge < -0.3 is 0 Å². The van der Waals surface area contributed by atoms with E-state index in [1.54, 1.807) is 10.4 Å². The lowest BCUT2D eigenvalue weighted by molar-refractivity contribution is 0.443. The Balaban J connectivity index is 2.30. The van der Waals surface area contributed by atoms with Gasteiger partial charge in [0.15, 0.2) is 10.3 Å². The SMILES string of the molecule is C=C(C)Cc1c(C2CCCCC2)cc[s+]1N(C)C. The molecule has 1 aliphatic rings. The second-order valence-corrected chi connectivity index (χ2v) is 7.90. The summed E-state index contributed by atoms with van der Waals surface area (Å²) < 4.78 is 2.35. The molecule has 2 rings (SSSR count). The van der Waals surface area contributed by atoms with Crippen LogP contribution in [0.3, 0.4) is 0 Å². The van der Waals surface area contributed by atoms with E-state index in [0.29, 0.717) is 0 Å². The van der Waals surface area contributed by atoms with Crippen molar-refractivity contribution >= 4 is 10.7 Å². The van der Waals surface area contributed by atoms with Crippen LogP contribution in [0.2, 0.25) is 0 Å². The molecule has 1 aliphatic carbocycles. The maximum absolute atomic E-state index is 4.12. The molecule has 0 bridgehead atoms. The topological polar surface area (TPSA) is 3.24 Å². The lowest BCUT2D eigenvalue weighted by atomic mass is 9.84. The third-order valence-electron chi connectivity index (χ3n) is 3.85. The largest absolute Gasteiger partial charge is 0.179 e. The molecule has 1 heterocycles. The van der Waals surface area contributed by atoms with Crippen molar-refractivity contribution in [1.29, 1.82) is 0 Å². The molecular weight excluding hydrogens is 238 g/mol. The van der Waals surface area contributed by atoms with Crippen molar-refractivity contribution in [2.75, 3.05) is 18.4 Å². The van der Waals surface area contributed by atoms with E-state index in [1.807, 2.05) is 0 Å². The highest BCUT2D eigenvalue weighted by Gasteiger charge is 2.28. The summed E-state index contributed by atoms with van der Waals surface area (Å²) in [5, 5.41) is 2.40. The van der Waals surface area contributed by atoms with Gasteiger partial charge in [0.25, 0.3) is 0 Å². The molecule has 1 aromatic rings. The Hall–Kier alpha value is -0.600. The average molecular weight is 264 g/mol. The number of hydrogen-bond donors (Lipinski definition) is 0. The molecule has 1 aromatic heterocycles. The van der Waals surface area contributed by atoms with Crippen LogP contribution in [0.5, 0.6) is 0 Å². The maximum Gasteiger partial charge on any atom is 0.179 e. The number of rotatable bonds is 4. The summed E-state index contributed by atoms with van der Waals surface area (Å²) in [5.74, 6) is 0.821. The van der Waals surface area contributed by atoms with E-state index in [9.17, 15) is 0 Å². The first-order valence-corrected chi connectivity index (χ1v) is 8.30. The van der Waals surface area contributed by atoms with Gasteiger partial charge in [-0.1, -0.05) is 31.4 Å². The van der Waals surface area contributed by atoms with Gasteiger partial charge in [0.1, 0.15) is 0 Å². The zero-order valence-corrected chi connectivity index (χ0v) is 12.9. The minimum absolute atomic E-state index is 0.202. The Labute approximate surface area is 115 Å². The highest BCUT2D eigenvalue weighted by molar-refractivity contribution is 7.32. The predicted molar refractivity (Wildman–Crippen MR) is 83.3 cm³/mol. The Bertz CT molecular complexity index is 411. The first-order valence-electron chi connectivity index (χ1n) is 7.05. The summed E-state index contributed by atoms with van der Waals surface area (Å²) in [6, 6.07) is 2.41. The molecular formula is C16H26NS+. The van der Waals surface area contributed by atoms with Crippen molar-refractivity contribution in [3.8, 4) is 0 Å². The van der Waals surface area contributed by atoms with E-state index in [0.717, 1.165) is 12.3 Å². The second-order valence-electron chi connectivity index (χ2n) is 5.78. The minimum Gasteiger partial charge on any atom is -0.112 e. The highest BCUT2D eigenvalue weighted by atomic mass is 32.2. The first kappa shape index (κ1) is 13.8. The number of thiophene rings is 1. The van der Waals surface area contributed by atoms with Crippen molar-refractivity contribution in [3.63, 3.8) is 0 Å². The minimum atomic E-state index is 0.202. The Morgan fingerprint density at radius 3 is 2.56 bits per heavy atom. The molecule has 0 amide bonds. The molecule has 0 aromatic carbocycles. The maximum atomic E-state index is 4.12. The van der Waals surface area contributed by atoms with Crippen molar-refractivity contribution in [3.05, 3.63) is 34.0 Å². The Morgan fingerprint density at radius 2 is 2.00 bits per heavy atom. The summed E-state index contributed by atoms with van der Waals surface area (Å²) in [6.45, 7) is 6.27. The van der Waals surface area contributed by atoms with Gasteiger partial charge >= 0.3 is 0 Å². The quantitative estimate of drug-likeness (QED) is 0.558. The molecule has 0 spiro atoms. The molecule has 0 aliphatic heterocycles. The normalized spacial score (nSPS) is 18.3. The van der Waals surface area contributed by atoms with Gasteiger partial charge in [-0.2, -0.15) is 0 Å². The third kappa shape index (κ3) is 3.04. The molecule has 18 heavy (non-hydrogen) atoms. The van der Waals surface area contributed by atoms with Crippen molar-refractivity contribution < 1.29 is 0 Å². The average Bonchev–Trinajstić information content (AvgIpc) is 2.73. The molecule has 1 atom stereocenters. The number of hydrogen-bond acceptors (Lipinski definition) is 1. The molecule has 2 heteroatoms. The van der Waals surface area contributed by atoms with Crippen molar-refractivity contribution in [1.82, 2.24) is 0 Å². The fourth-order valence-corrected chi connectivity index (χ4v) is 5.00. The lowest BCUT2D eigenvalue weighted by Crippen LogP contribution is -2.10. The van der Waals surface area contributed by atoms with Gasteiger partial charge in [-0.15, -0.1) is 4.31 Å². The van der Waals surface area contributed by atoms with Crippen LogP contribution in [0.1, 0.15) is 55.4 Å². The zero-order chi connectivity index (χ0) is 13.1. The standard InChI is InChI=1S/C16H26NS/c1-13(2)12-16-15(10-11-18(16)17(3)4)14-8-6-5-7-9-14/h10-11,14H,1,5-9,12H2,2-4H3/q+1. The summed E-state index contributed by atoms with van der Waals surface area (Å²) in [7, 11) is 4.58. The van der Waals surface area contributed by atoms with E-state index in [2.05, 4.69) is 43.3 Å². The molecule has 100 valence electrons. The van der Waals surface area contributed by atoms with Gasteiger partial charge in [-0.05, 0) is 25.7 Å². The molecule has 1 unspecified atom stereocenters. The van der Waals surface area contributed by atoms with Crippen LogP contribution >= 0.6 is 10.7 Å². The number of allylic oxidation sites excluding steroid dienone is 1. The van der Waals surface area contributed by atoms with Crippen LogP contribution in [0.15, 0.2) is 23.6 Å². The molecule has 1 fully saturated rings. The molecule has 1 saturated carbocycles. The Morgan fingerprint density at radius 1 is 1.33 bits per heavy atom. The van der Waals surface area contributed by atoms with Crippen LogP contribution in [-0.4, -0.2) is 14.1 Å². The second kappa shape index (κ2) is 6.03. The predicted octanol–water partition coefficient (Wildman–Crippen LogP) is 4.80. The van der Waals surface area contributed by atoms with Gasteiger partial charge in [-0.25, -0.2) is 0 Å². The monoisotopic (exact) mass is 264 g/mol. The van der Waals surface area contributed by atoms with Crippen LogP contribution in [0.4, 0.5) is 0 Å². The smallest absolute Gasteiger partial charge is 0.112 e. The van der Waals surface area contributed by atoms with Gasteiger partial charge in [0.05, 0.1) is 10.7 Å².